The third-order valence-electron chi connectivity index (χ3n) is 10.4. The second kappa shape index (κ2) is 29.4. The van der Waals surface area contributed by atoms with E-state index < -0.39 is 0 Å². The van der Waals surface area contributed by atoms with E-state index in [0.29, 0.717) is 19.3 Å². The van der Waals surface area contributed by atoms with E-state index in [1.165, 1.54) is 79.2 Å². The summed E-state index contributed by atoms with van der Waals surface area (Å²) in [5, 5.41) is 0. The van der Waals surface area contributed by atoms with Gasteiger partial charge in [-0.25, -0.2) is 0 Å². The summed E-state index contributed by atoms with van der Waals surface area (Å²) in [5.74, 6) is -0.165. The number of rotatable bonds is 31. The molecule has 0 unspecified atom stereocenters. The molecule has 2 aromatic rings. The summed E-state index contributed by atoms with van der Waals surface area (Å²) in [7, 11) is 4.21. The van der Waals surface area contributed by atoms with E-state index in [-0.39, 0.29) is 24.1 Å². The van der Waals surface area contributed by atoms with E-state index in [9.17, 15) is 9.59 Å². The molecule has 0 N–H and O–H groups in total. The number of esters is 2. The van der Waals surface area contributed by atoms with Crippen LogP contribution in [-0.2, 0) is 31.9 Å². The van der Waals surface area contributed by atoms with Crippen LogP contribution in [0.2, 0.25) is 0 Å². The molecule has 2 rings (SSSR count). The first-order valence-corrected chi connectivity index (χ1v) is 21.5. The minimum absolute atomic E-state index is 0.0457. The van der Waals surface area contributed by atoms with Crippen LogP contribution in [0.3, 0.4) is 0 Å². The molecule has 0 spiro atoms. The van der Waals surface area contributed by atoms with E-state index in [1.54, 1.807) is 0 Å². The highest BCUT2D eigenvalue weighted by Gasteiger charge is 2.17. The van der Waals surface area contributed by atoms with Gasteiger partial charge in [0.1, 0.15) is 12.2 Å². The third-order valence-corrected chi connectivity index (χ3v) is 10.4. The topological polar surface area (TPSA) is 55.8 Å². The van der Waals surface area contributed by atoms with E-state index in [1.807, 2.05) is 0 Å². The Hall–Kier alpha value is -2.92. The summed E-state index contributed by atoms with van der Waals surface area (Å²) in [6.07, 6.45) is 25.2. The zero-order valence-corrected chi connectivity index (χ0v) is 34.9. The number of allylic oxidation sites excluding steroid dienone is 2. The Balaban J connectivity index is 1.92. The van der Waals surface area contributed by atoms with Gasteiger partial charge in [0.15, 0.2) is 0 Å². The van der Waals surface area contributed by atoms with Crippen molar-refractivity contribution in [1.29, 1.82) is 0 Å². The smallest absolute Gasteiger partial charge is 0.306 e. The minimum Gasteiger partial charge on any atom is -0.462 e. The molecule has 0 atom stereocenters. The molecular formula is C48H77NO4. The van der Waals surface area contributed by atoms with Crippen molar-refractivity contribution in [2.24, 2.45) is 0 Å². The van der Waals surface area contributed by atoms with Crippen molar-refractivity contribution in [3.8, 4) is 0 Å². The first-order valence-electron chi connectivity index (χ1n) is 21.5. The van der Waals surface area contributed by atoms with Crippen LogP contribution in [0.25, 0.3) is 0 Å². The van der Waals surface area contributed by atoms with E-state index in [2.05, 4.69) is 101 Å². The summed E-state index contributed by atoms with van der Waals surface area (Å²) in [6.45, 7) is 9.73. The average molecular weight is 732 g/mol. The number of hydrogen-bond acceptors (Lipinski definition) is 5. The lowest BCUT2D eigenvalue weighted by atomic mass is 10.00. The molecule has 0 aliphatic heterocycles. The van der Waals surface area contributed by atoms with Gasteiger partial charge >= 0.3 is 11.9 Å². The van der Waals surface area contributed by atoms with Gasteiger partial charge in [0.05, 0.1) is 0 Å². The number of benzene rings is 2. The largest absolute Gasteiger partial charge is 0.462 e. The Morgan fingerprint density at radius 2 is 1.02 bits per heavy atom. The third kappa shape index (κ3) is 24.2. The molecule has 5 nitrogen and oxygen atoms in total. The van der Waals surface area contributed by atoms with Crippen LogP contribution in [0.1, 0.15) is 171 Å². The quantitative estimate of drug-likeness (QED) is 0.0439. The maximum atomic E-state index is 13.2. The average Bonchev–Trinajstić information content (AvgIpc) is 3.13. The van der Waals surface area contributed by atoms with E-state index in [0.717, 1.165) is 83.6 Å². The summed E-state index contributed by atoms with van der Waals surface area (Å²) < 4.78 is 12.2. The summed E-state index contributed by atoms with van der Waals surface area (Å²) >= 11 is 0. The molecule has 0 radical (unpaired) electrons. The van der Waals surface area contributed by atoms with Gasteiger partial charge < -0.3 is 14.4 Å². The number of hydrogen-bond donors (Lipinski definition) is 0. The number of nitrogens with zero attached hydrogens (tertiary/aromatic N) is 1. The molecule has 0 aliphatic carbocycles. The van der Waals surface area contributed by atoms with Crippen molar-refractivity contribution in [1.82, 2.24) is 4.90 Å². The molecule has 0 bridgehead atoms. The number of ether oxygens (including phenoxy) is 2. The number of carbonyl (C=O) groups is 2. The molecule has 53 heavy (non-hydrogen) atoms. The highest BCUT2D eigenvalue weighted by Crippen LogP contribution is 2.21. The number of unbranched alkanes of at least 4 members (excludes halogenated alkanes) is 8. The lowest BCUT2D eigenvalue weighted by Crippen LogP contribution is -2.20. The monoisotopic (exact) mass is 732 g/mol. The van der Waals surface area contributed by atoms with Gasteiger partial charge in [-0.05, 0) is 129 Å². The molecule has 0 saturated heterocycles. The van der Waals surface area contributed by atoms with Gasteiger partial charge in [-0.1, -0.05) is 137 Å². The Labute approximate surface area is 325 Å². The van der Waals surface area contributed by atoms with Crippen LogP contribution in [0.4, 0.5) is 0 Å². The fourth-order valence-electron chi connectivity index (χ4n) is 6.94. The van der Waals surface area contributed by atoms with Crippen LogP contribution in [0, 0.1) is 13.8 Å². The molecule has 2 aromatic carbocycles. The summed E-state index contributed by atoms with van der Waals surface area (Å²) in [4.78, 5) is 28.4. The molecule has 0 saturated carbocycles. The molecule has 298 valence electrons. The number of carbonyl (C=O) groups excluding carboxylic acids is 2. The van der Waals surface area contributed by atoms with Crippen molar-refractivity contribution in [3.63, 3.8) is 0 Å². The second-order valence-electron chi connectivity index (χ2n) is 15.8. The Kier molecular flexibility index (Phi) is 25.7. The predicted molar refractivity (Wildman–Crippen MR) is 224 cm³/mol. The van der Waals surface area contributed by atoms with Gasteiger partial charge in [-0.2, -0.15) is 0 Å². The minimum atomic E-state index is -0.120. The highest BCUT2D eigenvalue weighted by molar-refractivity contribution is 5.70. The van der Waals surface area contributed by atoms with Gasteiger partial charge in [-0.3, -0.25) is 9.59 Å². The highest BCUT2D eigenvalue weighted by atomic mass is 16.5. The Bertz CT molecular complexity index is 1190. The molecular weight excluding hydrogens is 655 g/mol. The fraction of sp³-hybridized carbons (Fsp3) is 0.667. The van der Waals surface area contributed by atoms with E-state index >= 15 is 0 Å². The molecule has 0 fully saturated rings. The summed E-state index contributed by atoms with van der Waals surface area (Å²) in [5.41, 5.74) is 6.41. The molecule has 0 aliphatic rings. The van der Waals surface area contributed by atoms with Crippen LogP contribution in [0.15, 0.2) is 60.2 Å². The lowest BCUT2D eigenvalue weighted by Gasteiger charge is -2.19. The first kappa shape index (κ1) is 46.2. The molecule has 0 heterocycles. The maximum Gasteiger partial charge on any atom is 0.306 e. The Morgan fingerprint density at radius 1 is 0.566 bits per heavy atom. The van der Waals surface area contributed by atoms with Crippen LogP contribution >= 0.6 is 0 Å². The predicted octanol–water partition coefficient (Wildman–Crippen LogP) is 12.6. The van der Waals surface area contributed by atoms with Gasteiger partial charge in [-0.15, -0.1) is 0 Å². The summed E-state index contributed by atoms with van der Waals surface area (Å²) in [6, 6.07) is 17.3. The van der Waals surface area contributed by atoms with Crippen molar-refractivity contribution >= 4 is 11.9 Å². The Morgan fingerprint density at radius 3 is 1.51 bits per heavy atom. The van der Waals surface area contributed by atoms with Crippen molar-refractivity contribution < 1.29 is 19.1 Å². The van der Waals surface area contributed by atoms with Crippen LogP contribution < -0.4 is 0 Å². The SMILES string of the molecule is CCCCCCCC(CCCCCCC)OC(=O)CCC/C(=C\CCC(=O)OC(CCc1ccc(C)cc1)CCc1ccc(C)cc1)CCCN(C)C. The standard InChI is InChI=1S/C48H77NO4/c1-7-9-11-13-15-23-45(24-16-14-12-10-8-2)52-47(50)25-17-20-42(22-19-39-49(5)6)21-18-26-48(51)53-46(37-35-43-31-27-40(3)28-32-43)38-36-44-33-29-41(4)30-34-44/h21,27-34,45-46H,7-20,22-26,35-39H2,1-6H3/b42-21+. The van der Waals surface area contributed by atoms with Crippen LogP contribution in [-0.4, -0.2) is 49.7 Å². The van der Waals surface area contributed by atoms with E-state index in [4.69, 9.17) is 9.47 Å². The second-order valence-corrected chi connectivity index (χ2v) is 15.8. The maximum absolute atomic E-state index is 13.2. The van der Waals surface area contributed by atoms with Crippen molar-refractivity contribution in [2.45, 2.75) is 188 Å². The van der Waals surface area contributed by atoms with Gasteiger partial charge in [0.2, 0.25) is 0 Å². The number of aryl methyl sites for hydroxylation is 4. The zero-order valence-electron chi connectivity index (χ0n) is 34.9. The zero-order chi connectivity index (χ0) is 38.5. The van der Waals surface area contributed by atoms with Gasteiger partial charge in [0, 0.05) is 12.8 Å². The first-order chi connectivity index (χ1) is 25.7. The fourth-order valence-corrected chi connectivity index (χ4v) is 6.94. The normalized spacial score (nSPS) is 11.9. The molecule has 5 heteroatoms. The molecule has 0 aromatic heterocycles. The van der Waals surface area contributed by atoms with Gasteiger partial charge in [0.25, 0.3) is 0 Å². The lowest BCUT2D eigenvalue weighted by molar-refractivity contribution is -0.150. The van der Waals surface area contributed by atoms with Crippen molar-refractivity contribution in [3.05, 3.63) is 82.4 Å². The van der Waals surface area contributed by atoms with Crippen molar-refractivity contribution in [2.75, 3.05) is 20.6 Å². The molecule has 0 amide bonds. The van der Waals surface area contributed by atoms with Crippen LogP contribution in [0.5, 0.6) is 0 Å².